The zero-order valence-electron chi connectivity index (χ0n) is 8.91. The zero-order chi connectivity index (χ0) is 10.7. The molecule has 0 aromatic carbocycles. The smallest absolute Gasteiger partial charge is 0.149 e. The maximum atomic E-state index is 5.78. The maximum Gasteiger partial charge on any atom is 0.149 e. The van der Waals surface area contributed by atoms with Crippen molar-refractivity contribution in [3.8, 4) is 0 Å². The second kappa shape index (κ2) is 4.79. The van der Waals surface area contributed by atoms with Gasteiger partial charge in [0.2, 0.25) is 0 Å². The number of aromatic nitrogens is 2. The van der Waals surface area contributed by atoms with Crippen LogP contribution in [0.15, 0.2) is 12.4 Å². The van der Waals surface area contributed by atoms with Gasteiger partial charge in [0.05, 0.1) is 12.4 Å². The standard InChI is InChI=1S/C11H16ClN3/c1-2-9(5-8-3-4-8)14-11-7-13-6-10(12)15-11/h6-9H,2-5H2,1H3,(H,14,15). The van der Waals surface area contributed by atoms with Crippen LogP contribution in [0, 0.1) is 5.92 Å². The van der Waals surface area contributed by atoms with E-state index in [9.17, 15) is 0 Å². The van der Waals surface area contributed by atoms with Crippen LogP contribution in [0.1, 0.15) is 32.6 Å². The normalized spacial score (nSPS) is 17.5. The van der Waals surface area contributed by atoms with E-state index >= 15 is 0 Å². The molecule has 82 valence electrons. The summed E-state index contributed by atoms with van der Waals surface area (Å²) in [5, 5.41) is 3.83. The van der Waals surface area contributed by atoms with Crippen molar-refractivity contribution in [2.75, 3.05) is 5.32 Å². The lowest BCUT2D eigenvalue weighted by Gasteiger charge is -2.16. The van der Waals surface area contributed by atoms with Crippen LogP contribution in [0.3, 0.4) is 0 Å². The van der Waals surface area contributed by atoms with Gasteiger partial charge in [-0.2, -0.15) is 0 Å². The summed E-state index contributed by atoms with van der Waals surface area (Å²) >= 11 is 5.78. The second-order valence-electron chi connectivity index (χ2n) is 4.16. The molecule has 1 unspecified atom stereocenters. The molecular weight excluding hydrogens is 210 g/mol. The average Bonchev–Trinajstić information content (AvgIpc) is 3.01. The Labute approximate surface area is 95.3 Å². The first-order valence-corrected chi connectivity index (χ1v) is 5.89. The van der Waals surface area contributed by atoms with E-state index in [1.54, 1.807) is 12.4 Å². The molecule has 0 bridgehead atoms. The highest BCUT2D eigenvalue weighted by atomic mass is 35.5. The lowest BCUT2D eigenvalue weighted by Crippen LogP contribution is -2.19. The predicted octanol–water partition coefficient (Wildman–Crippen LogP) is 3.12. The fourth-order valence-corrected chi connectivity index (χ4v) is 1.85. The van der Waals surface area contributed by atoms with Crippen LogP contribution >= 0.6 is 11.6 Å². The Morgan fingerprint density at radius 1 is 1.53 bits per heavy atom. The Morgan fingerprint density at radius 3 is 2.93 bits per heavy atom. The number of nitrogens with zero attached hydrogens (tertiary/aromatic N) is 2. The Hall–Kier alpha value is -0.830. The summed E-state index contributed by atoms with van der Waals surface area (Å²) in [6, 6.07) is 0.505. The van der Waals surface area contributed by atoms with E-state index in [1.165, 1.54) is 19.3 Å². The topological polar surface area (TPSA) is 37.8 Å². The summed E-state index contributed by atoms with van der Waals surface area (Å²) in [4.78, 5) is 8.19. The summed E-state index contributed by atoms with van der Waals surface area (Å²) < 4.78 is 0. The number of nitrogens with one attached hydrogen (secondary N) is 1. The molecule has 0 saturated heterocycles. The summed E-state index contributed by atoms with van der Waals surface area (Å²) in [6.45, 7) is 2.19. The van der Waals surface area contributed by atoms with Gasteiger partial charge in [-0.15, -0.1) is 0 Å². The number of halogens is 1. The third-order valence-electron chi connectivity index (χ3n) is 2.76. The van der Waals surface area contributed by atoms with Crippen LogP contribution in [-0.2, 0) is 0 Å². The van der Waals surface area contributed by atoms with Crippen LogP contribution in [-0.4, -0.2) is 16.0 Å². The first-order valence-electron chi connectivity index (χ1n) is 5.52. The molecular formula is C11H16ClN3. The average molecular weight is 226 g/mol. The lowest BCUT2D eigenvalue weighted by atomic mass is 10.1. The van der Waals surface area contributed by atoms with Crippen LogP contribution in [0.5, 0.6) is 0 Å². The maximum absolute atomic E-state index is 5.78. The van der Waals surface area contributed by atoms with E-state index in [0.29, 0.717) is 11.2 Å². The van der Waals surface area contributed by atoms with Crippen molar-refractivity contribution in [1.29, 1.82) is 0 Å². The minimum atomic E-state index is 0.446. The molecule has 0 spiro atoms. The molecule has 0 aliphatic heterocycles. The number of rotatable bonds is 5. The highest BCUT2D eigenvalue weighted by Gasteiger charge is 2.24. The van der Waals surface area contributed by atoms with Gasteiger partial charge in [0, 0.05) is 6.04 Å². The molecule has 1 N–H and O–H groups in total. The van der Waals surface area contributed by atoms with Gasteiger partial charge in [-0.1, -0.05) is 31.4 Å². The van der Waals surface area contributed by atoms with Crippen LogP contribution in [0.4, 0.5) is 5.82 Å². The van der Waals surface area contributed by atoms with E-state index in [2.05, 4.69) is 22.2 Å². The van der Waals surface area contributed by atoms with Crippen LogP contribution < -0.4 is 5.32 Å². The van der Waals surface area contributed by atoms with Crippen molar-refractivity contribution in [3.63, 3.8) is 0 Å². The molecule has 1 aliphatic carbocycles. The molecule has 1 saturated carbocycles. The van der Waals surface area contributed by atoms with Gasteiger partial charge in [0.25, 0.3) is 0 Å². The first kappa shape index (κ1) is 10.7. The van der Waals surface area contributed by atoms with Gasteiger partial charge in [0.15, 0.2) is 0 Å². The molecule has 0 amide bonds. The van der Waals surface area contributed by atoms with Crippen molar-refractivity contribution >= 4 is 17.4 Å². The van der Waals surface area contributed by atoms with Gasteiger partial charge in [-0.3, -0.25) is 4.98 Å². The molecule has 3 nitrogen and oxygen atoms in total. The summed E-state index contributed by atoms with van der Waals surface area (Å²) in [5.74, 6) is 1.71. The molecule has 1 aromatic rings. The molecule has 1 aliphatic rings. The van der Waals surface area contributed by atoms with Gasteiger partial charge in [-0.25, -0.2) is 4.98 Å². The Bertz CT molecular complexity index is 325. The monoisotopic (exact) mass is 225 g/mol. The molecule has 1 aromatic heterocycles. The predicted molar refractivity (Wildman–Crippen MR) is 62.1 cm³/mol. The number of anilines is 1. The fourth-order valence-electron chi connectivity index (χ4n) is 1.70. The summed E-state index contributed by atoms with van der Waals surface area (Å²) in [5.41, 5.74) is 0. The molecule has 1 atom stereocenters. The Morgan fingerprint density at radius 2 is 2.33 bits per heavy atom. The largest absolute Gasteiger partial charge is 0.366 e. The van der Waals surface area contributed by atoms with Crippen LogP contribution in [0.2, 0.25) is 5.15 Å². The minimum Gasteiger partial charge on any atom is -0.366 e. The van der Waals surface area contributed by atoms with Crippen molar-refractivity contribution < 1.29 is 0 Å². The molecule has 1 heterocycles. The highest BCUT2D eigenvalue weighted by Crippen LogP contribution is 2.34. The van der Waals surface area contributed by atoms with Crippen LogP contribution in [0.25, 0.3) is 0 Å². The first-order chi connectivity index (χ1) is 7.28. The highest BCUT2D eigenvalue weighted by molar-refractivity contribution is 6.29. The van der Waals surface area contributed by atoms with E-state index in [4.69, 9.17) is 11.6 Å². The SMILES string of the molecule is CCC(CC1CC1)Nc1cncc(Cl)n1. The number of hydrogen-bond acceptors (Lipinski definition) is 3. The third-order valence-corrected chi connectivity index (χ3v) is 2.95. The van der Waals surface area contributed by atoms with Gasteiger partial charge in [-0.05, 0) is 18.8 Å². The van der Waals surface area contributed by atoms with Gasteiger partial charge < -0.3 is 5.32 Å². The Kier molecular flexibility index (Phi) is 3.41. The summed E-state index contributed by atoms with van der Waals surface area (Å²) in [6.07, 6.45) is 8.41. The zero-order valence-corrected chi connectivity index (χ0v) is 9.67. The molecule has 1 fully saturated rings. The summed E-state index contributed by atoms with van der Waals surface area (Å²) in [7, 11) is 0. The minimum absolute atomic E-state index is 0.446. The lowest BCUT2D eigenvalue weighted by molar-refractivity contribution is 0.585. The second-order valence-corrected chi connectivity index (χ2v) is 4.54. The van der Waals surface area contributed by atoms with Crippen molar-refractivity contribution in [1.82, 2.24) is 9.97 Å². The van der Waals surface area contributed by atoms with E-state index in [1.807, 2.05) is 0 Å². The Balaban J connectivity index is 1.92. The van der Waals surface area contributed by atoms with E-state index in [-0.39, 0.29) is 0 Å². The molecule has 2 rings (SSSR count). The van der Waals surface area contributed by atoms with E-state index in [0.717, 1.165) is 18.2 Å². The van der Waals surface area contributed by atoms with Crippen molar-refractivity contribution in [2.45, 2.75) is 38.6 Å². The quantitative estimate of drug-likeness (QED) is 0.837. The fraction of sp³-hybridized carbons (Fsp3) is 0.636. The van der Waals surface area contributed by atoms with E-state index < -0.39 is 0 Å². The van der Waals surface area contributed by atoms with Gasteiger partial charge in [0.1, 0.15) is 11.0 Å². The van der Waals surface area contributed by atoms with Gasteiger partial charge >= 0.3 is 0 Å². The van der Waals surface area contributed by atoms with Crippen molar-refractivity contribution in [2.24, 2.45) is 5.92 Å². The molecule has 0 radical (unpaired) electrons. The number of hydrogen-bond donors (Lipinski definition) is 1. The molecule has 15 heavy (non-hydrogen) atoms. The molecule has 4 heteroatoms. The third kappa shape index (κ3) is 3.34. The van der Waals surface area contributed by atoms with Crippen molar-refractivity contribution in [3.05, 3.63) is 17.5 Å².